The summed E-state index contributed by atoms with van der Waals surface area (Å²) in [6, 6.07) is 7.53. The molecule has 1 aromatic carbocycles. The molecule has 2 fully saturated rings. The second-order valence-electron chi connectivity index (χ2n) is 10.2. The first-order valence-corrected chi connectivity index (χ1v) is 13.0. The SMILES string of the molecule is CN1CCNC(=O)COc2ccc(F)cc2C(=O)N2CCCCC2c2cc3nc(N4CC(N)C4)cc1n3n2. The van der Waals surface area contributed by atoms with E-state index in [9.17, 15) is 14.0 Å². The van der Waals surface area contributed by atoms with Crippen molar-refractivity contribution >= 4 is 29.1 Å². The van der Waals surface area contributed by atoms with Crippen molar-refractivity contribution in [2.75, 3.05) is 56.2 Å². The second-order valence-corrected chi connectivity index (χ2v) is 10.2. The molecule has 3 aliphatic heterocycles. The summed E-state index contributed by atoms with van der Waals surface area (Å²) < 4.78 is 21.7. The summed E-state index contributed by atoms with van der Waals surface area (Å²) >= 11 is 0. The highest BCUT2D eigenvalue weighted by Crippen LogP contribution is 2.35. The van der Waals surface area contributed by atoms with Crippen LogP contribution in [0.3, 0.4) is 0 Å². The van der Waals surface area contributed by atoms with Gasteiger partial charge in [0.1, 0.15) is 23.2 Å². The summed E-state index contributed by atoms with van der Waals surface area (Å²) in [4.78, 5) is 37.0. The maximum Gasteiger partial charge on any atom is 0.258 e. The number of halogens is 1. The number of hydrogen-bond acceptors (Lipinski definition) is 8. The first-order valence-electron chi connectivity index (χ1n) is 13.0. The maximum absolute atomic E-state index is 14.3. The van der Waals surface area contributed by atoms with Crippen molar-refractivity contribution in [2.24, 2.45) is 5.73 Å². The first kappa shape index (κ1) is 24.4. The number of piperidine rings is 1. The number of nitrogens with two attached hydrogens (primary N) is 1. The Bertz CT molecular complexity index is 1390. The molecule has 2 bridgehead atoms. The number of anilines is 2. The molecule has 3 aromatic rings. The number of benzene rings is 1. The summed E-state index contributed by atoms with van der Waals surface area (Å²) in [5, 5.41) is 7.77. The second kappa shape index (κ2) is 9.75. The van der Waals surface area contributed by atoms with E-state index in [2.05, 4.69) is 10.2 Å². The zero-order chi connectivity index (χ0) is 26.4. The number of hydrogen-bond donors (Lipinski definition) is 2. The van der Waals surface area contributed by atoms with E-state index in [0.717, 1.165) is 49.7 Å². The van der Waals surface area contributed by atoms with Crippen molar-refractivity contribution in [3.63, 3.8) is 0 Å². The molecule has 2 aromatic heterocycles. The molecule has 0 radical (unpaired) electrons. The van der Waals surface area contributed by atoms with Crippen LogP contribution in [0, 0.1) is 5.82 Å². The number of amides is 2. The lowest BCUT2D eigenvalue weighted by molar-refractivity contribution is -0.123. The predicted octanol–water partition coefficient (Wildman–Crippen LogP) is 1.33. The highest BCUT2D eigenvalue weighted by Gasteiger charge is 2.33. The lowest BCUT2D eigenvalue weighted by atomic mass is 9.98. The van der Waals surface area contributed by atoms with Crippen molar-refractivity contribution in [2.45, 2.75) is 31.3 Å². The fourth-order valence-electron chi connectivity index (χ4n) is 5.36. The van der Waals surface area contributed by atoms with Crippen molar-refractivity contribution in [3.8, 4) is 5.75 Å². The van der Waals surface area contributed by atoms with Gasteiger partial charge in [-0.3, -0.25) is 9.59 Å². The number of rotatable bonds is 1. The Morgan fingerprint density at radius 3 is 2.79 bits per heavy atom. The van der Waals surface area contributed by atoms with E-state index in [1.165, 1.54) is 18.2 Å². The third kappa shape index (κ3) is 4.49. The van der Waals surface area contributed by atoms with Crippen LogP contribution in [0.15, 0.2) is 30.3 Å². The van der Waals surface area contributed by atoms with Gasteiger partial charge in [-0.15, -0.1) is 0 Å². The minimum absolute atomic E-state index is 0.0931. The van der Waals surface area contributed by atoms with Gasteiger partial charge in [0.05, 0.1) is 17.3 Å². The minimum Gasteiger partial charge on any atom is -0.483 e. The van der Waals surface area contributed by atoms with Gasteiger partial charge in [-0.25, -0.2) is 9.37 Å². The topological polar surface area (TPSA) is 121 Å². The molecule has 1 atom stereocenters. The number of aromatic nitrogens is 3. The van der Waals surface area contributed by atoms with Crippen molar-refractivity contribution in [1.29, 1.82) is 0 Å². The highest BCUT2D eigenvalue weighted by molar-refractivity contribution is 5.97. The lowest BCUT2D eigenvalue weighted by Crippen LogP contribution is -2.56. The van der Waals surface area contributed by atoms with Gasteiger partial charge >= 0.3 is 0 Å². The molecular formula is C26H31FN8O3. The third-order valence-corrected chi connectivity index (χ3v) is 7.44. The van der Waals surface area contributed by atoms with E-state index in [-0.39, 0.29) is 41.8 Å². The van der Waals surface area contributed by atoms with Crippen LogP contribution in [-0.2, 0) is 4.79 Å². The standard InChI is InChI=1S/C26H31FN8O3/c1-32-9-7-29-24(36)15-38-21-6-5-16(27)10-18(21)26(37)34-8-3-2-4-20(34)19-11-23-30-22(33-13-17(28)14-33)12-25(32)35(23)31-19/h5-6,10-12,17,20H,2-4,7-9,13-15,28H2,1H3,(H,29,36). The smallest absolute Gasteiger partial charge is 0.258 e. The molecule has 6 rings (SSSR count). The Morgan fingerprint density at radius 2 is 1.97 bits per heavy atom. The molecule has 3 aliphatic rings. The van der Waals surface area contributed by atoms with E-state index >= 15 is 0 Å². The van der Waals surface area contributed by atoms with Gasteiger partial charge in [0.2, 0.25) is 0 Å². The normalized spacial score (nSPS) is 21.1. The van der Waals surface area contributed by atoms with Crippen LogP contribution >= 0.6 is 0 Å². The molecule has 11 nitrogen and oxygen atoms in total. The van der Waals surface area contributed by atoms with Gasteiger partial charge < -0.3 is 30.5 Å². The van der Waals surface area contributed by atoms with Gasteiger partial charge in [0, 0.05) is 57.9 Å². The van der Waals surface area contributed by atoms with Crippen LogP contribution in [0.4, 0.5) is 16.0 Å². The Labute approximate surface area is 219 Å². The quantitative estimate of drug-likeness (QED) is 0.491. The van der Waals surface area contributed by atoms with Crippen molar-refractivity contribution in [3.05, 3.63) is 47.4 Å². The third-order valence-electron chi connectivity index (χ3n) is 7.44. The number of carbonyl (C=O) groups is 2. The minimum atomic E-state index is -0.545. The summed E-state index contributed by atoms with van der Waals surface area (Å²) in [6.45, 7) is 2.57. The Kier molecular flexibility index (Phi) is 6.26. The van der Waals surface area contributed by atoms with Gasteiger partial charge in [0.25, 0.3) is 11.8 Å². The number of fused-ring (bicyclic) bond motifs is 4. The zero-order valence-corrected chi connectivity index (χ0v) is 21.3. The monoisotopic (exact) mass is 522 g/mol. The molecule has 2 amide bonds. The molecule has 200 valence electrons. The number of nitrogens with one attached hydrogen (secondary N) is 1. The molecule has 2 saturated heterocycles. The van der Waals surface area contributed by atoms with Crippen LogP contribution in [0.5, 0.6) is 5.75 Å². The fraction of sp³-hybridized carbons (Fsp3) is 0.462. The van der Waals surface area contributed by atoms with E-state index in [0.29, 0.717) is 25.3 Å². The molecule has 1 unspecified atom stereocenters. The number of carbonyl (C=O) groups excluding carboxylic acids is 2. The number of likely N-dealkylation sites (N-methyl/N-ethyl adjacent to an activating group) is 1. The fourth-order valence-corrected chi connectivity index (χ4v) is 5.36. The predicted molar refractivity (Wildman–Crippen MR) is 139 cm³/mol. The average molecular weight is 523 g/mol. The van der Waals surface area contributed by atoms with E-state index in [1.54, 1.807) is 9.42 Å². The zero-order valence-electron chi connectivity index (χ0n) is 21.3. The van der Waals surface area contributed by atoms with E-state index < -0.39 is 5.82 Å². The summed E-state index contributed by atoms with van der Waals surface area (Å²) in [6.07, 6.45) is 2.49. The molecule has 38 heavy (non-hydrogen) atoms. The van der Waals surface area contributed by atoms with Gasteiger partial charge in [-0.05, 0) is 37.5 Å². The molecular weight excluding hydrogens is 491 g/mol. The molecule has 12 heteroatoms. The molecule has 3 N–H and O–H groups in total. The van der Waals surface area contributed by atoms with Crippen molar-refractivity contribution in [1.82, 2.24) is 24.8 Å². The van der Waals surface area contributed by atoms with Gasteiger partial charge in [0.15, 0.2) is 12.3 Å². The summed E-state index contributed by atoms with van der Waals surface area (Å²) in [5.41, 5.74) is 7.52. The Balaban J connectivity index is 1.46. The first-order chi connectivity index (χ1) is 18.4. The van der Waals surface area contributed by atoms with E-state index in [4.69, 9.17) is 20.6 Å². The van der Waals surface area contributed by atoms with Crippen LogP contribution in [0.1, 0.15) is 41.4 Å². The molecule has 0 saturated carbocycles. The lowest BCUT2D eigenvalue weighted by Gasteiger charge is -2.38. The van der Waals surface area contributed by atoms with Crippen molar-refractivity contribution < 1.29 is 18.7 Å². The summed E-state index contributed by atoms with van der Waals surface area (Å²) in [7, 11) is 1.94. The van der Waals surface area contributed by atoms with Crippen LogP contribution in [0.25, 0.3) is 5.65 Å². The highest BCUT2D eigenvalue weighted by atomic mass is 19.1. The molecule has 0 spiro atoms. The Hall–Kier alpha value is -3.93. The molecule has 5 heterocycles. The van der Waals surface area contributed by atoms with Gasteiger partial charge in [-0.2, -0.15) is 9.61 Å². The average Bonchev–Trinajstić information content (AvgIpc) is 3.33. The molecule has 0 aliphatic carbocycles. The Morgan fingerprint density at radius 1 is 1.13 bits per heavy atom. The number of nitrogens with zero attached hydrogens (tertiary/aromatic N) is 6. The largest absolute Gasteiger partial charge is 0.483 e. The van der Waals surface area contributed by atoms with Crippen LogP contribution in [0.2, 0.25) is 0 Å². The van der Waals surface area contributed by atoms with Crippen LogP contribution < -0.4 is 25.6 Å². The van der Waals surface area contributed by atoms with Crippen LogP contribution in [-0.4, -0.2) is 83.7 Å². The number of ether oxygens (including phenoxy) is 1. The van der Waals surface area contributed by atoms with E-state index in [1.807, 2.05) is 24.1 Å². The van der Waals surface area contributed by atoms with Gasteiger partial charge in [-0.1, -0.05) is 0 Å². The summed E-state index contributed by atoms with van der Waals surface area (Å²) in [5.74, 6) is 0.571. The maximum atomic E-state index is 14.3.